The number of para-hydroxylation sites is 2. The molecule has 4 rings (SSSR count). The number of carbonyl (C=O) groups is 2. The maximum Gasteiger partial charge on any atom is 0.248 e. The SMILES string of the molecule is CCCOc1ccc(NC(=O)CC2C(=O)Nc3ccccc3N2C(=S)Nc2cccc(C)c2)cc1. The molecule has 0 saturated carbocycles. The van der Waals surface area contributed by atoms with Gasteiger partial charge in [0, 0.05) is 11.4 Å². The molecule has 0 spiro atoms. The van der Waals surface area contributed by atoms with E-state index >= 15 is 0 Å². The number of fused-ring (bicyclic) bond motifs is 1. The molecule has 3 aromatic carbocycles. The lowest BCUT2D eigenvalue weighted by atomic mass is 10.0. The number of amides is 2. The zero-order chi connectivity index (χ0) is 24.8. The molecule has 1 heterocycles. The molecule has 0 aliphatic carbocycles. The van der Waals surface area contributed by atoms with Crippen LogP contribution in [-0.4, -0.2) is 29.6 Å². The molecule has 1 aliphatic heterocycles. The molecule has 180 valence electrons. The van der Waals surface area contributed by atoms with E-state index in [1.54, 1.807) is 17.0 Å². The van der Waals surface area contributed by atoms with Crippen LogP contribution in [0.2, 0.25) is 0 Å². The van der Waals surface area contributed by atoms with Crippen LogP contribution < -0.4 is 25.6 Å². The summed E-state index contributed by atoms with van der Waals surface area (Å²) in [6.45, 7) is 4.67. The number of ether oxygens (including phenoxy) is 1. The average Bonchev–Trinajstić information content (AvgIpc) is 2.84. The van der Waals surface area contributed by atoms with Gasteiger partial charge in [0.05, 0.1) is 24.4 Å². The topological polar surface area (TPSA) is 82.7 Å². The van der Waals surface area contributed by atoms with E-state index in [0.29, 0.717) is 23.1 Å². The van der Waals surface area contributed by atoms with Crippen LogP contribution >= 0.6 is 12.2 Å². The van der Waals surface area contributed by atoms with Crippen molar-refractivity contribution in [1.29, 1.82) is 0 Å². The second-order valence-corrected chi connectivity index (χ2v) is 8.70. The molecule has 2 amide bonds. The van der Waals surface area contributed by atoms with Gasteiger partial charge in [-0.05, 0) is 79.7 Å². The summed E-state index contributed by atoms with van der Waals surface area (Å²) in [4.78, 5) is 27.7. The van der Waals surface area contributed by atoms with Crippen molar-refractivity contribution in [3.8, 4) is 5.75 Å². The summed E-state index contributed by atoms with van der Waals surface area (Å²) in [7, 11) is 0. The first-order valence-electron chi connectivity index (χ1n) is 11.5. The zero-order valence-corrected chi connectivity index (χ0v) is 20.5. The van der Waals surface area contributed by atoms with Crippen molar-refractivity contribution >= 4 is 51.9 Å². The summed E-state index contributed by atoms with van der Waals surface area (Å²) in [5.74, 6) is 0.150. The summed E-state index contributed by atoms with van der Waals surface area (Å²) in [5.41, 5.74) is 3.89. The summed E-state index contributed by atoms with van der Waals surface area (Å²) < 4.78 is 5.59. The standard InChI is InChI=1S/C27H28N4O3S/c1-3-15-34-21-13-11-19(12-14-21)28-25(32)17-24-26(33)30-22-9-4-5-10-23(22)31(24)27(35)29-20-8-6-7-18(2)16-20/h4-14,16,24H,3,15,17H2,1-2H3,(H,28,32)(H,29,35)(H,30,33). The number of rotatable bonds is 7. The predicted octanol–water partition coefficient (Wildman–Crippen LogP) is 5.34. The van der Waals surface area contributed by atoms with Crippen LogP contribution in [-0.2, 0) is 9.59 Å². The molecule has 1 aliphatic rings. The van der Waals surface area contributed by atoms with Crippen molar-refractivity contribution < 1.29 is 14.3 Å². The maximum absolute atomic E-state index is 13.1. The summed E-state index contributed by atoms with van der Waals surface area (Å²) >= 11 is 5.73. The van der Waals surface area contributed by atoms with Crippen molar-refractivity contribution in [2.45, 2.75) is 32.7 Å². The predicted molar refractivity (Wildman–Crippen MR) is 144 cm³/mol. The van der Waals surface area contributed by atoms with E-state index in [1.165, 1.54) is 0 Å². The van der Waals surface area contributed by atoms with Gasteiger partial charge in [-0.25, -0.2) is 0 Å². The van der Waals surface area contributed by atoms with Crippen LogP contribution in [0.1, 0.15) is 25.3 Å². The third-order valence-electron chi connectivity index (χ3n) is 5.51. The average molecular weight is 489 g/mol. The van der Waals surface area contributed by atoms with Gasteiger partial charge in [0.1, 0.15) is 11.8 Å². The molecule has 0 fully saturated rings. The quantitative estimate of drug-likeness (QED) is 0.390. The van der Waals surface area contributed by atoms with Gasteiger partial charge in [0.15, 0.2) is 5.11 Å². The highest BCUT2D eigenvalue weighted by molar-refractivity contribution is 7.80. The van der Waals surface area contributed by atoms with Gasteiger partial charge in [-0.3, -0.25) is 9.59 Å². The van der Waals surface area contributed by atoms with E-state index in [4.69, 9.17) is 17.0 Å². The van der Waals surface area contributed by atoms with Crippen molar-refractivity contribution in [2.24, 2.45) is 0 Å². The highest BCUT2D eigenvalue weighted by Crippen LogP contribution is 2.33. The molecule has 3 aromatic rings. The molecular formula is C27H28N4O3S. The van der Waals surface area contributed by atoms with Crippen molar-refractivity contribution in [1.82, 2.24) is 0 Å². The van der Waals surface area contributed by atoms with E-state index in [2.05, 4.69) is 16.0 Å². The number of aryl methyl sites for hydroxylation is 1. The Morgan fingerprint density at radius 1 is 1.03 bits per heavy atom. The van der Waals surface area contributed by atoms with Gasteiger partial charge in [-0.1, -0.05) is 31.2 Å². The fourth-order valence-electron chi connectivity index (χ4n) is 3.87. The number of hydrogen-bond donors (Lipinski definition) is 3. The van der Waals surface area contributed by atoms with E-state index in [9.17, 15) is 9.59 Å². The van der Waals surface area contributed by atoms with Gasteiger partial charge < -0.3 is 25.6 Å². The summed E-state index contributed by atoms with van der Waals surface area (Å²) in [6.07, 6.45) is 0.839. The van der Waals surface area contributed by atoms with Gasteiger partial charge in [-0.2, -0.15) is 0 Å². The first-order chi connectivity index (χ1) is 16.9. The lowest BCUT2D eigenvalue weighted by molar-refractivity contribution is -0.122. The van der Waals surface area contributed by atoms with E-state index in [0.717, 1.165) is 29.1 Å². The van der Waals surface area contributed by atoms with Gasteiger partial charge in [0.25, 0.3) is 0 Å². The highest BCUT2D eigenvalue weighted by atomic mass is 32.1. The third-order valence-corrected chi connectivity index (χ3v) is 5.81. The number of anilines is 4. The second-order valence-electron chi connectivity index (χ2n) is 8.32. The first kappa shape index (κ1) is 24.2. The van der Waals surface area contributed by atoms with E-state index < -0.39 is 6.04 Å². The summed E-state index contributed by atoms with van der Waals surface area (Å²) in [6, 6.07) is 21.6. The van der Waals surface area contributed by atoms with Crippen LogP contribution in [0.5, 0.6) is 5.75 Å². The Morgan fingerprint density at radius 3 is 2.54 bits per heavy atom. The molecule has 1 unspecified atom stereocenters. The van der Waals surface area contributed by atoms with Crippen LogP contribution in [0.25, 0.3) is 0 Å². The summed E-state index contributed by atoms with van der Waals surface area (Å²) in [5, 5.41) is 9.33. The minimum absolute atomic E-state index is 0.0795. The zero-order valence-electron chi connectivity index (χ0n) is 19.7. The Morgan fingerprint density at radius 2 is 1.80 bits per heavy atom. The normalized spacial score (nSPS) is 14.5. The molecular weight excluding hydrogens is 460 g/mol. The number of carbonyl (C=O) groups excluding carboxylic acids is 2. The molecule has 7 nitrogen and oxygen atoms in total. The molecule has 8 heteroatoms. The Bertz CT molecular complexity index is 1230. The monoisotopic (exact) mass is 488 g/mol. The fourth-order valence-corrected chi connectivity index (χ4v) is 4.22. The molecule has 0 radical (unpaired) electrons. The Labute approximate surface area is 210 Å². The van der Waals surface area contributed by atoms with Crippen LogP contribution in [0.15, 0.2) is 72.8 Å². The Balaban J connectivity index is 1.52. The minimum Gasteiger partial charge on any atom is -0.494 e. The van der Waals surface area contributed by atoms with Crippen LogP contribution in [0, 0.1) is 6.92 Å². The minimum atomic E-state index is -0.818. The van der Waals surface area contributed by atoms with E-state index in [-0.39, 0.29) is 18.2 Å². The Kier molecular flexibility index (Phi) is 7.62. The van der Waals surface area contributed by atoms with Crippen molar-refractivity contribution in [3.63, 3.8) is 0 Å². The number of thiocarbonyl (C=S) groups is 1. The first-order valence-corrected chi connectivity index (χ1v) is 11.9. The van der Waals surface area contributed by atoms with Crippen LogP contribution in [0.4, 0.5) is 22.7 Å². The molecule has 0 saturated heterocycles. The largest absolute Gasteiger partial charge is 0.494 e. The van der Waals surface area contributed by atoms with Crippen molar-refractivity contribution in [3.05, 3.63) is 78.4 Å². The number of nitrogens with one attached hydrogen (secondary N) is 3. The third kappa shape index (κ3) is 5.96. The fraction of sp³-hybridized carbons (Fsp3) is 0.222. The lowest BCUT2D eigenvalue weighted by Gasteiger charge is -2.37. The number of nitrogens with zero attached hydrogens (tertiary/aromatic N) is 1. The van der Waals surface area contributed by atoms with Gasteiger partial charge in [-0.15, -0.1) is 0 Å². The molecule has 0 bridgehead atoms. The van der Waals surface area contributed by atoms with Gasteiger partial charge >= 0.3 is 0 Å². The number of benzene rings is 3. The smallest absolute Gasteiger partial charge is 0.248 e. The molecule has 3 N–H and O–H groups in total. The van der Waals surface area contributed by atoms with Crippen molar-refractivity contribution in [2.75, 3.05) is 27.5 Å². The lowest BCUT2D eigenvalue weighted by Crippen LogP contribution is -2.53. The second kappa shape index (κ2) is 11.0. The number of hydrogen-bond acceptors (Lipinski definition) is 4. The molecule has 1 atom stereocenters. The molecule has 35 heavy (non-hydrogen) atoms. The van der Waals surface area contributed by atoms with Gasteiger partial charge in [0.2, 0.25) is 11.8 Å². The van der Waals surface area contributed by atoms with E-state index in [1.807, 2.05) is 74.5 Å². The molecule has 0 aromatic heterocycles. The highest BCUT2D eigenvalue weighted by Gasteiger charge is 2.36. The van der Waals surface area contributed by atoms with Crippen LogP contribution in [0.3, 0.4) is 0 Å². The maximum atomic E-state index is 13.1. The Hall–Kier alpha value is -3.91.